The quantitative estimate of drug-likeness (QED) is 0.426. The summed E-state index contributed by atoms with van der Waals surface area (Å²) in [5.41, 5.74) is 2.63. The average Bonchev–Trinajstić information content (AvgIpc) is 3.41. The van der Waals surface area contributed by atoms with Crippen molar-refractivity contribution in [3.05, 3.63) is 59.5 Å². The van der Waals surface area contributed by atoms with Crippen LogP contribution in [0.2, 0.25) is 5.02 Å². The molecule has 1 aliphatic rings. The van der Waals surface area contributed by atoms with Crippen LogP contribution in [0.3, 0.4) is 0 Å². The predicted molar refractivity (Wildman–Crippen MR) is 121 cm³/mol. The number of rotatable bonds is 6. The van der Waals surface area contributed by atoms with Crippen LogP contribution < -0.4 is 16.0 Å². The number of carbonyl (C=O) groups excluding carboxylic acids is 1. The zero-order valence-electron chi connectivity index (χ0n) is 17.0. The minimum Gasteiger partial charge on any atom is -0.368 e. The Kier molecular flexibility index (Phi) is 5.07. The molecule has 1 aromatic carbocycles. The number of hydrogen-bond acceptors (Lipinski definition) is 6. The Morgan fingerprint density at radius 2 is 2.19 bits per heavy atom. The highest BCUT2D eigenvalue weighted by molar-refractivity contribution is 6.35. The van der Waals surface area contributed by atoms with E-state index < -0.39 is 0 Å². The van der Waals surface area contributed by atoms with Gasteiger partial charge in [0.05, 0.1) is 16.6 Å². The summed E-state index contributed by atoms with van der Waals surface area (Å²) in [7, 11) is 0. The third-order valence-electron chi connectivity index (χ3n) is 5.58. The molecule has 0 radical (unpaired) electrons. The number of anilines is 2. The van der Waals surface area contributed by atoms with Crippen LogP contribution in [-0.2, 0) is 4.79 Å². The molecule has 0 aliphatic carbocycles. The van der Waals surface area contributed by atoms with Gasteiger partial charge in [-0.2, -0.15) is 5.10 Å². The molecule has 158 valence electrons. The number of pyridine rings is 1. The molecular weight excluding hydrogens is 414 g/mol. The molecule has 1 saturated heterocycles. The van der Waals surface area contributed by atoms with Crippen molar-refractivity contribution in [1.82, 2.24) is 24.9 Å². The Labute approximate surface area is 184 Å². The van der Waals surface area contributed by atoms with Crippen LogP contribution in [0, 0.1) is 0 Å². The van der Waals surface area contributed by atoms with Gasteiger partial charge in [0.25, 0.3) is 0 Å². The lowest BCUT2D eigenvalue weighted by Gasteiger charge is -2.21. The molecule has 2 atom stereocenters. The second-order valence-electron chi connectivity index (χ2n) is 7.73. The van der Waals surface area contributed by atoms with Gasteiger partial charge in [-0.25, -0.2) is 14.5 Å². The van der Waals surface area contributed by atoms with Crippen molar-refractivity contribution in [2.45, 2.75) is 31.8 Å². The van der Waals surface area contributed by atoms with E-state index in [2.05, 4.69) is 39.0 Å². The molecule has 3 N–H and O–H groups in total. The number of carbonyl (C=O) groups is 1. The molecule has 5 rings (SSSR count). The third-order valence-corrected chi connectivity index (χ3v) is 5.89. The van der Waals surface area contributed by atoms with Gasteiger partial charge in [0.1, 0.15) is 17.7 Å². The summed E-state index contributed by atoms with van der Waals surface area (Å²) in [4.78, 5) is 20.8. The lowest BCUT2D eigenvalue weighted by molar-refractivity contribution is -0.119. The molecule has 0 bridgehead atoms. The van der Waals surface area contributed by atoms with Crippen molar-refractivity contribution in [1.29, 1.82) is 0 Å². The minimum absolute atomic E-state index is 0.0922. The van der Waals surface area contributed by atoms with Gasteiger partial charge in [0.2, 0.25) is 5.91 Å². The Balaban J connectivity index is 1.49. The smallest absolute Gasteiger partial charge is 0.220 e. The van der Waals surface area contributed by atoms with Crippen LogP contribution in [0.15, 0.2) is 48.9 Å². The SMILES string of the molecule is C[C@H](Nc1ncnn2cccc12)c1cc2cccc(Cl)c2nc1NC[C@@H]1CCC(=O)N1. The molecule has 1 fully saturated rings. The van der Waals surface area contributed by atoms with Crippen molar-refractivity contribution in [2.75, 3.05) is 17.2 Å². The molecule has 9 heteroatoms. The summed E-state index contributed by atoms with van der Waals surface area (Å²) in [5, 5.41) is 15.7. The zero-order valence-corrected chi connectivity index (χ0v) is 17.7. The van der Waals surface area contributed by atoms with E-state index in [0.29, 0.717) is 18.0 Å². The first-order chi connectivity index (χ1) is 15.1. The number of para-hydroxylation sites is 1. The zero-order chi connectivity index (χ0) is 21.4. The van der Waals surface area contributed by atoms with Crippen molar-refractivity contribution in [3.63, 3.8) is 0 Å². The molecule has 0 saturated carbocycles. The molecule has 4 heterocycles. The van der Waals surface area contributed by atoms with Crippen LogP contribution in [0.5, 0.6) is 0 Å². The van der Waals surface area contributed by atoms with Gasteiger partial charge < -0.3 is 16.0 Å². The van der Waals surface area contributed by atoms with Crippen LogP contribution in [0.25, 0.3) is 16.4 Å². The number of nitrogens with one attached hydrogen (secondary N) is 3. The second-order valence-corrected chi connectivity index (χ2v) is 8.14. The van der Waals surface area contributed by atoms with E-state index in [0.717, 1.165) is 40.0 Å². The van der Waals surface area contributed by atoms with Crippen LogP contribution in [-0.4, -0.2) is 38.1 Å². The maximum Gasteiger partial charge on any atom is 0.220 e. The van der Waals surface area contributed by atoms with Gasteiger partial charge in [-0.1, -0.05) is 23.7 Å². The number of nitrogens with zero attached hydrogens (tertiary/aromatic N) is 4. The fourth-order valence-electron chi connectivity index (χ4n) is 3.96. The van der Waals surface area contributed by atoms with Crippen molar-refractivity contribution in [3.8, 4) is 0 Å². The van der Waals surface area contributed by atoms with Crippen LogP contribution in [0.1, 0.15) is 31.4 Å². The molecule has 3 aromatic heterocycles. The van der Waals surface area contributed by atoms with Gasteiger partial charge in [0.15, 0.2) is 5.82 Å². The van der Waals surface area contributed by atoms with Crippen LogP contribution in [0.4, 0.5) is 11.6 Å². The summed E-state index contributed by atoms with van der Waals surface area (Å²) in [6.07, 6.45) is 4.79. The second kappa shape index (κ2) is 8.03. The van der Waals surface area contributed by atoms with E-state index >= 15 is 0 Å². The first-order valence-corrected chi connectivity index (χ1v) is 10.6. The highest BCUT2D eigenvalue weighted by Gasteiger charge is 2.22. The Bertz CT molecular complexity index is 1270. The van der Waals surface area contributed by atoms with Crippen LogP contribution >= 0.6 is 11.6 Å². The molecule has 8 nitrogen and oxygen atoms in total. The number of aromatic nitrogens is 4. The number of halogens is 1. The van der Waals surface area contributed by atoms with Gasteiger partial charge in [0, 0.05) is 36.2 Å². The van der Waals surface area contributed by atoms with Gasteiger partial charge >= 0.3 is 0 Å². The minimum atomic E-state index is -0.0925. The number of hydrogen-bond donors (Lipinski definition) is 3. The first-order valence-electron chi connectivity index (χ1n) is 10.3. The maximum atomic E-state index is 11.6. The molecule has 0 spiro atoms. The average molecular weight is 436 g/mol. The normalized spacial score (nSPS) is 17.1. The van der Waals surface area contributed by atoms with Crippen molar-refractivity contribution < 1.29 is 4.79 Å². The topological polar surface area (TPSA) is 96.2 Å². The summed E-state index contributed by atoms with van der Waals surface area (Å²) in [6, 6.07) is 11.8. The van der Waals surface area contributed by atoms with E-state index in [9.17, 15) is 4.79 Å². The van der Waals surface area contributed by atoms with Gasteiger partial charge in [-0.3, -0.25) is 4.79 Å². The molecular formula is C22H22ClN7O. The molecule has 31 heavy (non-hydrogen) atoms. The molecule has 1 aliphatic heterocycles. The Hall–Kier alpha value is -3.39. The first kappa shape index (κ1) is 19.6. The summed E-state index contributed by atoms with van der Waals surface area (Å²) >= 11 is 6.41. The van der Waals surface area contributed by atoms with E-state index in [1.165, 1.54) is 6.33 Å². The lowest BCUT2D eigenvalue weighted by atomic mass is 10.1. The molecule has 0 unspecified atom stereocenters. The fourth-order valence-corrected chi connectivity index (χ4v) is 4.18. The predicted octanol–water partition coefficient (Wildman–Crippen LogP) is 3.79. The van der Waals surface area contributed by atoms with E-state index in [1.54, 1.807) is 4.52 Å². The largest absolute Gasteiger partial charge is 0.368 e. The van der Waals surface area contributed by atoms with E-state index in [4.69, 9.17) is 16.6 Å². The molecule has 4 aromatic rings. The number of fused-ring (bicyclic) bond motifs is 2. The van der Waals surface area contributed by atoms with E-state index in [-0.39, 0.29) is 18.0 Å². The summed E-state index contributed by atoms with van der Waals surface area (Å²) in [5.74, 6) is 1.58. The van der Waals surface area contributed by atoms with Gasteiger partial charge in [-0.05, 0) is 37.6 Å². The van der Waals surface area contributed by atoms with Crippen molar-refractivity contribution >= 4 is 45.6 Å². The summed E-state index contributed by atoms with van der Waals surface area (Å²) < 4.78 is 1.78. The Morgan fingerprint density at radius 3 is 3.03 bits per heavy atom. The fraction of sp³-hybridized carbons (Fsp3) is 0.273. The van der Waals surface area contributed by atoms with E-state index in [1.807, 2.05) is 36.5 Å². The maximum absolute atomic E-state index is 11.6. The Morgan fingerprint density at radius 1 is 1.29 bits per heavy atom. The number of benzene rings is 1. The summed E-state index contributed by atoms with van der Waals surface area (Å²) in [6.45, 7) is 2.67. The van der Waals surface area contributed by atoms with Gasteiger partial charge in [-0.15, -0.1) is 0 Å². The lowest BCUT2D eigenvalue weighted by Crippen LogP contribution is -2.32. The number of amides is 1. The highest BCUT2D eigenvalue weighted by atomic mass is 35.5. The highest BCUT2D eigenvalue weighted by Crippen LogP contribution is 2.31. The standard InChI is InChI=1S/C22H22ClN7O/c1-13(27-22-18-6-3-9-30(18)26-12-25-22)16-10-14-4-2-5-17(23)20(14)29-21(16)24-11-15-7-8-19(31)28-15/h2-6,9-10,12-13,15H,7-8,11H2,1H3,(H,24,29)(H,28,31)(H,25,26,27)/t13-,15-/m0/s1. The molecule has 1 amide bonds. The van der Waals surface area contributed by atoms with Crippen molar-refractivity contribution in [2.24, 2.45) is 0 Å². The third kappa shape index (κ3) is 3.86. The monoisotopic (exact) mass is 435 g/mol.